The number of sulfonamides is 1. The molecule has 2 aromatic rings. The number of aryl methyl sites for hydroxylation is 1. The fourth-order valence-corrected chi connectivity index (χ4v) is 3.91. The third-order valence-electron chi connectivity index (χ3n) is 4.04. The normalized spacial score (nSPS) is 14.0. The number of hydrogen-bond donors (Lipinski definition) is 1. The lowest BCUT2D eigenvalue weighted by molar-refractivity contribution is -0.147. The number of fused-ring (bicyclic) bond motifs is 1. The number of nitrogens with one attached hydrogen (secondary N) is 1. The Morgan fingerprint density at radius 2 is 1.79 bits per heavy atom. The van der Waals surface area contributed by atoms with Gasteiger partial charge in [-0.15, -0.1) is 4.40 Å². The van der Waals surface area contributed by atoms with Gasteiger partial charge >= 0.3 is 5.97 Å². The molecule has 1 aliphatic heterocycles. The SMILES string of the molecule is Cc1ccc(NC(=O)COC(=O)CN(C)C2=NS(=O)(=O)c3ccccc32)cc1. The van der Waals surface area contributed by atoms with Crippen LogP contribution in [-0.2, 0) is 24.3 Å². The van der Waals surface area contributed by atoms with Crippen LogP contribution in [0.1, 0.15) is 11.1 Å². The van der Waals surface area contributed by atoms with Gasteiger partial charge in [0, 0.05) is 18.3 Å². The van der Waals surface area contributed by atoms with Crippen molar-refractivity contribution in [1.29, 1.82) is 0 Å². The van der Waals surface area contributed by atoms with Gasteiger partial charge in [-0.2, -0.15) is 8.42 Å². The maximum Gasteiger partial charge on any atom is 0.326 e. The lowest BCUT2D eigenvalue weighted by Crippen LogP contribution is -2.34. The molecular weight excluding hydrogens is 382 g/mol. The zero-order valence-corrected chi connectivity index (χ0v) is 16.2. The molecule has 1 aliphatic rings. The third-order valence-corrected chi connectivity index (χ3v) is 5.37. The molecule has 3 rings (SSSR count). The molecule has 8 nitrogen and oxygen atoms in total. The van der Waals surface area contributed by atoms with Crippen LogP contribution in [-0.4, -0.2) is 51.2 Å². The smallest absolute Gasteiger partial charge is 0.326 e. The van der Waals surface area contributed by atoms with E-state index in [0.29, 0.717) is 11.3 Å². The quantitative estimate of drug-likeness (QED) is 0.763. The van der Waals surface area contributed by atoms with Gasteiger partial charge in [-0.1, -0.05) is 29.8 Å². The molecule has 9 heteroatoms. The monoisotopic (exact) mass is 401 g/mol. The Morgan fingerprint density at radius 3 is 2.50 bits per heavy atom. The zero-order chi connectivity index (χ0) is 20.3. The number of amidine groups is 1. The van der Waals surface area contributed by atoms with Crippen molar-refractivity contribution >= 4 is 33.4 Å². The van der Waals surface area contributed by atoms with Gasteiger partial charge in [0.1, 0.15) is 11.4 Å². The maximum atomic E-state index is 12.1. The highest BCUT2D eigenvalue weighted by Crippen LogP contribution is 2.26. The van der Waals surface area contributed by atoms with E-state index in [4.69, 9.17) is 4.74 Å². The molecule has 0 bridgehead atoms. The van der Waals surface area contributed by atoms with E-state index < -0.39 is 28.5 Å². The van der Waals surface area contributed by atoms with Crippen LogP contribution in [0.2, 0.25) is 0 Å². The molecule has 0 spiro atoms. The third kappa shape index (κ3) is 4.37. The number of benzene rings is 2. The summed E-state index contributed by atoms with van der Waals surface area (Å²) in [5.74, 6) is -0.978. The van der Waals surface area contributed by atoms with E-state index in [9.17, 15) is 18.0 Å². The lowest BCUT2D eigenvalue weighted by atomic mass is 10.2. The van der Waals surface area contributed by atoms with Gasteiger partial charge in [-0.3, -0.25) is 9.59 Å². The first-order chi connectivity index (χ1) is 13.3. The average Bonchev–Trinajstić information content (AvgIpc) is 2.94. The molecule has 146 valence electrons. The van der Waals surface area contributed by atoms with Crippen molar-refractivity contribution in [3.63, 3.8) is 0 Å². The van der Waals surface area contributed by atoms with Crippen molar-refractivity contribution < 1.29 is 22.7 Å². The minimum absolute atomic E-state index is 0.0997. The molecular formula is C19H19N3O5S. The van der Waals surface area contributed by atoms with Crippen molar-refractivity contribution in [3.8, 4) is 0 Å². The summed E-state index contributed by atoms with van der Waals surface area (Å²) in [6.45, 7) is 1.24. The van der Waals surface area contributed by atoms with Gasteiger partial charge in [0.25, 0.3) is 15.9 Å². The number of carbonyl (C=O) groups excluding carboxylic acids is 2. The number of hydrogen-bond acceptors (Lipinski definition) is 6. The number of ether oxygens (including phenoxy) is 1. The molecule has 0 saturated carbocycles. The van der Waals surface area contributed by atoms with Gasteiger partial charge in [-0.25, -0.2) is 0 Å². The van der Waals surface area contributed by atoms with Crippen LogP contribution in [0.25, 0.3) is 0 Å². The highest BCUT2D eigenvalue weighted by molar-refractivity contribution is 7.90. The number of carbonyl (C=O) groups is 2. The van der Waals surface area contributed by atoms with Crippen molar-refractivity contribution in [2.45, 2.75) is 11.8 Å². The van der Waals surface area contributed by atoms with E-state index in [2.05, 4.69) is 9.71 Å². The van der Waals surface area contributed by atoms with E-state index in [0.717, 1.165) is 5.56 Å². The number of esters is 1. The molecule has 0 aromatic heterocycles. The summed E-state index contributed by atoms with van der Waals surface area (Å²) >= 11 is 0. The summed E-state index contributed by atoms with van der Waals surface area (Å²) in [5, 5.41) is 2.62. The molecule has 1 N–H and O–H groups in total. The fraction of sp³-hybridized carbons (Fsp3) is 0.211. The van der Waals surface area contributed by atoms with Gasteiger partial charge in [0.15, 0.2) is 12.4 Å². The first-order valence-corrected chi connectivity index (χ1v) is 9.88. The molecule has 0 radical (unpaired) electrons. The summed E-state index contributed by atoms with van der Waals surface area (Å²) in [4.78, 5) is 25.4. The Balaban J connectivity index is 1.55. The predicted molar refractivity (Wildman–Crippen MR) is 104 cm³/mol. The molecule has 0 atom stereocenters. The van der Waals surface area contributed by atoms with Crippen LogP contribution in [0.5, 0.6) is 0 Å². The standard InChI is InChI=1S/C19H19N3O5S/c1-13-7-9-14(10-8-13)20-17(23)12-27-18(24)11-22(2)19-15-5-3-4-6-16(15)28(25,26)21-19/h3-10H,11-12H2,1-2H3,(H,20,23). The van der Waals surface area contributed by atoms with E-state index in [1.165, 1.54) is 18.0 Å². The minimum Gasteiger partial charge on any atom is -0.454 e. The number of likely N-dealkylation sites (N-methyl/N-ethyl adjacent to an activating group) is 1. The van der Waals surface area contributed by atoms with Crippen molar-refractivity contribution in [3.05, 3.63) is 59.7 Å². The highest BCUT2D eigenvalue weighted by Gasteiger charge is 2.31. The van der Waals surface area contributed by atoms with Crippen LogP contribution < -0.4 is 5.32 Å². The van der Waals surface area contributed by atoms with Crippen LogP contribution >= 0.6 is 0 Å². The first kappa shape index (κ1) is 19.6. The molecule has 0 saturated heterocycles. The second-order valence-corrected chi connectivity index (χ2v) is 7.89. The molecule has 0 aliphatic carbocycles. The molecule has 0 fully saturated rings. The topological polar surface area (TPSA) is 105 Å². The average molecular weight is 401 g/mol. The summed E-state index contributed by atoms with van der Waals surface area (Å²) in [5.41, 5.74) is 2.09. The second kappa shape index (κ2) is 7.81. The summed E-state index contributed by atoms with van der Waals surface area (Å²) in [6.07, 6.45) is 0. The molecule has 2 aromatic carbocycles. The first-order valence-electron chi connectivity index (χ1n) is 8.44. The Bertz CT molecular complexity index is 1050. The van der Waals surface area contributed by atoms with Gasteiger partial charge in [0.05, 0.1) is 0 Å². The van der Waals surface area contributed by atoms with Crippen molar-refractivity contribution in [2.75, 3.05) is 25.5 Å². The van der Waals surface area contributed by atoms with Gasteiger partial charge in [-0.05, 0) is 31.2 Å². The Labute approximate surface area is 162 Å². The Hall–Kier alpha value is -3.20. The minimum atomic E-state index is -3.77. The molecule has 1 amide bonds. The van der Waals surface area contributed by atoms with E-state index >= 15 is 0 Å². The molecule has 1 heterocycles. The molecule has 0 unspecified atom stereocenters. The summed E-state index contributed by atoms with van der Waals surface area (Å²) in [6, 6.07) is 13.6. The van der Waals surface area contributed by atoms with E-state index in [1.807, 2.05) is 19.1 Å². The Kier molecular flexibility index (Phi) is 5.46. The van der Waals surface area contributed by atoms with Crippen molar-refractivity contribution in [2.24, 2.45) is 4.40 Å². The maximum absolute atomic E-state index is 12.1. The van der Waals surface area contributed by atoms with Crippen LogP contribution in [0.3, 0.4) is 0 Å². The molecule has 28 heavy (non-hydrogen) atoms. The number of rotatable bonds is 5. The summed E-state index contributed by atoms with van der Waals surface area (Å²) < 4.78 is 32.9. The summed E-state index contributed by atoms with van der Waals surface area (Å²) in [7, 11) is -2.24. The van der Waals surface area contributed by atoms with Gasteiger partial charge < -0.3 is 15.0 Å². The number of amides is 1. The zero-order valence-electron chi connectivity index (χ0n) is 15.4. The number of nitrogens with zero attached hydrogens (tertiary/aromatic N) is 2. The predicted octanol–water partition coefficient (Wildman–Crippen LogP) is 1.56. The second-order valence-electron chi connectivity index (χ2n) is 6.32. The number of anilines is 1. The van der Waals surface area contributed by atoms with E-state index in [1.54, 1.807) is 30.3 Å². The van der Waals surface area contributed by atoms with E-state index in [-0.39, 0.29) is 17.3 Å². The highest BCUT2D eigenvalue weighted by atomic mass is 32.2. The van der Waals surface area contributed by atoms with Gasteiger partial charge in [0.2, 0.25) is 0 Å². The Morgan fingerprint density at radius 1 is 1.11 bits per heavy atom. The van der Waals surface area contributed by atoms with Crippen LogP contribution in [0.4, 0.5) is 5.69 Å². The largest absolute Gasteiger partial charge is 0.454 e. The van der Waals surface area contributed by atoms with Crippen LogP contribution in [0.15, 0.2) is 57.8 Å². The van der Waals surface area contributed by atoms with Crippen LogP contribution in [0, 0.1) is 6.92 Å². The fourth-order valence-electron chi connectivity index (χ4n) is 2.66. The van der Waals surface area contributed by atoms with Crippen molar-refractivity contribution in [1.82, 2.24) is 4.90 Å². The lowest BCUT2D eigenvalue weighted by Gasteiger charge is -2.17.